The summed E-state index contributed by atoms with van der Waals surface area (Å²) in [6, 6.07) is 0.382. The van der Waals surface area contributed by atoms with E-state index in [0.717, 1.165) is 19.6 Å². The molecule has 0 aliphatic rings. The van der Waals surface area contributed by atoms with Crippen molar-refractivity contribution in [1.82, 2.24) is 10.2 Å². The monoisotopic (exact) mass is 288 g/mol. The van der Waals surface area contributed by atoms with E-state index in [1.807, 2.05) is 0 Å². The SMILES string of the molecule is CCCCC(CC)COCC(O)CNC(C)CN(C)C. The lowest BCUT2D eigenvalue weighted by Crippen LogP contribution is -2.41. The van der Waals surface area contributed by atoms with Crippen molar-refractivity contribution in [3.8, 4) is 0 Å². The van der Waals surface area contributed by atoms with E-state index in [1.165, 1.54) is 19.3 Å². The van der Waals surface area contributed by atoms with Crippen molar-refractivity contribution < 1.29 is 9.84 Å². The smallest absolute Gasteiger partial charge is 0.0897 e. The maximum absolute atomic E-state index is 9.89. The van der Waals surface area contributed by atoms with Crippen LogP contribution < -0.4 is 5.32 Å². The molecule has 0 saturated heterocycles. The van der Waals surface area contributed by atoms with Gasteiger partial charge < -0.3 is 20.1 Å². The molecule has 0 bridgehead atoms. The van der Waals surface area contributed by atoms with Crippen LogP contribution in [-0.2, 0) is 4.74 Å². The second-order valence-electron chi connectivity index (χ2n) is 6.18. The zero-order valence-electron chi connectivity index (χ0n) is 14.2. The molecule has 0 aromatic heterocycles. The van der Waals surface area contributed by atoms with Gasteiger partial charge in [-0.1, -0.05) is 33.1 Å². The molecule has 0 amide bonds. The Bertz CT molecular complexity index is 213. The summed E-state index contributed by atoms with van der Waals surface area (Å²) in [5.41, 5.74) is 0. The number of unbranched alkanes of at least 4 members (excludes halogenated alkanes) is 1. The van der Waals surface area contributed by atoms with Crippen LogP contribution in [0.15, 0.2) is 0 Å². The van der Waals surface area contributed by atoms with Crippen molar-refractivity contribution in [2.45, 2.75) is 58.6 Å². The summed E-state index contributed by atoms with van der Waals surface area (Å²) < 4.78 is 5.66. The van der Waals surface area contributed by atoms with E-state index in [-0.39, 0.29) is 0 Å². The summed E-state index contributed by atoms with van der Waals surface area (Å²) in [6.07, 6.45) is 4.50. The summed E-state index contributed by atoms with van der Waals surface area (Å²) in [6.45, 7) is 9.35. The topological polar surface area (TPSA) is 44.7 Å². The van der Waals surface area contributed by atoms with E-state index in [2.05, 4.69) is 45.1 Å². The largest absolute Gasteiger partial charge is 0.389 e. The van der Waals surface area contributed by atoms with Crippen LogP contribution in [0.4, 0.5) is 0 Å². The molecular formula is C16H36N2O2. The lowest BCUT2D eigenvalue weighted by Gasteiger charge is -2.21. The summed E-state index contributed by atoms with van der Waals surface area (Å²) in [5, 5.41) is 13.2. The lowest BCUT2D eigenvalue weighted by molar-refractivity contribution is 0.0182. The number of likely N-dealkylation sites (N-methyl/N-ethyl adjacent to an activating group) is 1. The highest BCUT2D eigenvalue weighted by Crippen LogP contribution is 2.12. The molecule has 0 saturated carbocycles. The molecule has 3 atom stereocenters. The third kappa shape index (κ3) is 11.6. The molecule has 0 rings (SSSR count). The first-order valence-electron chi connectivity index (χ1n) is 8.13. The van der Waals surface area contributed by atoms with Crippen LogP contribution in [-0.4, -0.2) is 62.6 Å². The number of ether oxygens (including phenoxy) is 1. The van der Waals surface area contributed by atoms with Crippen molar-refractivity contribution in [3.63, 3.8) is 0 Å². The quantitative estimate of drug-likeness (QED) is 0.545. The zero-order chi connectivity index (χ0) is 15.4. The summed E-state index contributed by atoms with van der Waals surface area (Å²) >= 11 is 0. The summed E-state index contributed by atoms with van der Waals surface area (Å²) in [7, 11) is 4.11. The molecule has 20 heavy (non-hydrogen) atoms. The molecule has 2 N–H and O–H groups in total. The molecule has 4 heteroatoms. The Morgan fingerprint density at radius 3 is 2.45 bits per heavy atom. The Kier molecular flexibility index (Phi) is 12.5. The van der Waals surface area contributed by atoms with E-state index >= 15 is 0 Å². The predicted molar refractivity (Wildman–Crippen MR) is 86.2 cm³/mol. The van der Waals surface area contributed by atoms with Gasteiger partial charge in [0.1, 0.15) is 0 Å². The minimum atomic E-state index is -0.414. The molecule has 0 fully saturated rings. The minimum Gasteiger partial charge on any atom is -0.389 e. The third-order valence-corrected chi connectivity index (χ3v) is 3.55. The van der Waals surface area contributed by atoms with Crippen LogP contribution in [0.3, 0.4) is 0 Å². The fourth-order valence-corrected chi connectivity index (χ4v) is 2.28. The molecule has 0 aliphatic heterocycles. The highest BCUT2D eigenvalue weighted by Gasteiger charge is 2.10. The van der Waals surface area contributed by atoms with Gasteiger partial charge in [-0.25, -0.2) is 0 Å². The highest BCUT2D eigenvalue weighted by atomic mass is 16.5. The van der Waals surface area contributed by atoms with Crippen molar-refractivity contribution in [1.29, 1.82) is 0 Å². The van der Waals surface area contributed by atoms with Gasteiger partial charge in [-0.15, -0.1) is 0 Å². The Morgan fingerprint density at radius 1 is 1.20 bits per heavy atom. The van der Waals surface area contributed by atoms with Crippen molar-refractivity contribution in [2.24, 2.45) is 5.92 Å². The van der Waals surface area contributed by atoms with E-state index < -0.39 is 6.10 Å². The number of nitrogens with zero attached hydrogens (tertiary/aromatic N) is 1. The first kappa shape index (κ1) is 19.8. The van der Waals surface area contributed by atoms with Crippen LogP contribution in [0.5, 0.6) is 0 Å². The Hall–Kier alpha value is -0.160. The van der Waals surface area contributed by atoms with Crippen LogP contribution in [0, 0.1) is 5.92 Å². The van der Waals surface area contributed by atoms with Gasteiger partial charge in [0.25, 0.3) is 0 Å². The van der Waals surface area contributed by atoms with E-state index in [4.69, 9.17) is 4.74 Å². The molecule has 122 valence electrons. The van der Waals surface area contributed by atoms with Crippen molar-refractivity contribution in [2.75, 3.05) is 40.4 Å². The molecule has 0 aromatic carbocycles. The average Bonchev–Trinajstić information content (AvgIpc) is 2.39. The van der Waals surface area contributed by atoms with Gasteiger partial charge in [-0.3, -0.25) is 0 Å². The maximum atomic E-state index is 9.89. The second kappa shape index (κ2) is 12.6. The van der Waals surface area contributed by atoms with Gasteiger partial charge in [0.2, 0.25) is 0 Å². The number of aliphatic hydroxyl groups is 1. The Morgan fingerprint density at radius 2 is 1.90 bits per heavy atom. The molecule has 0 spiro atoms. The molecule has 4 nitrogen and oxygen atoms in total. The van der Waals surface area contributed by atoms with Gasteiger partial charge in [0.05, 0.1) is 12.7 Å². The van der Waals surface area contributed by atoms with Gasteiger partial charge >= 0.3 is 0 Å². The van der Waals surface area contributed by atoms with Crippen molar-refractivity contribution in [3.05, 3.63) is 0 Å². The number of hydrogen-bond donors (Lipinski definition) is 2. The standard InChI is InChI=1S/C16H36N2O2/c1-6-8-9-15(7-2)12-20-13-16(19)10-17-14(3)11-18(4)5/h14-17,19H,6-13H2,1-5H3. The molecule has 0 aromatic rings. The van der Waals surface area contributed by atoms with Crippen LogP contribution in [0.1, 0.15) is 46.5 Å². The fraction of sp³-hybridized carbons (Fsp3) is 1.00. The van der Waals surface area contributed by atoms with Gasteiger partial charge in [-0.05, 0) is 33.4 Å². The van der Waals surface area contributed by atoms with Gasteiger partial charge in [-0.2, -0.15) is 0 Å². The average molecular weight is 288 g/mol. The van der Waals surface area contributed by atoms with E-state index in [1.54, 1.807) is 0 Å². The van der Waals surface area contributed by atoms with E-state index in [0.29, 0.717) is 25.1 Å². The normalized spacial score (nSPS) is 16.4. The summed E-state index contributed by atoms with van der Waals surface area (Å²) in [5.74, 6) is 0.641. The number of aliphatic hydroxyl groups excluding tert-OH is 1. The number of rotatable bonds is 13. The molecular weight excluding hydrogens is 252 g/mol. The Balaban J connectivity index is 3.63. The van der Waals surface area contributed by atoms with Gasteiger partial charge in [0, 0.05) is 25.7 Å². The molecule has 0 aliphatic carbocycles. The van der Waals surface area contributed by atoms with Crippen LogP contribution in [0.25, 0.3) is 0 Å². The number of nitrogens with one attached hydrogen (secondary N) is 1. The highest BCUT2D eigenvalue weighted by molar-refractivity contribution is 4.67. The first-order chi connectivity index (χ1) is 9.49. The molecule has 3 unspecified atom stereocenters. The van der Waals surface area contributed by atoms with E-state index in [9.17, 15) is 5.11 Å². The van der Waals surface area contributed by atoms with Crippen LogP contribution in [0.2, 0.25) is 0 Å². The van der Waals surface area contributed by atoms with Gasteiger partial charge in [0.15, 0.2) is 0 Å². The second-order valence-corrected chi connectivity index (χ2v) is 6.18. The first-order valence-corrected chi connectivity index (χ1v) is 8.13. The third-order valence-electron chi connectivity index (χ3n) is 3.55. The summed E-state index contributed by atoms with van der Waals surface area (Å²) in [4.78, 5) is 2.14. The molecule has 0 heterocycles. The molecule has 0 radical (unpaired) electrons. The predicted octanol–water partition coefficient (Wildman–Crippen LogP) is 2.12. The Labute approximate surface area is 125 Å². The van der Waals surface area contributed by atoms with Crippen molar-refractivity contribution >= 4 is 0 Å². The fourth-order valence-electron chi connectivity index (χ4n) is 2.28. The minimum absolute atomic E-state index is 0.382. The number of hydrogen-bond acceptors (Lipinski definition) is 4. The zero-order valence-corrected chi connectivity index (χ0v) is 14.2. The maximum Gasteiger partial charge on any atom is 0.0897 e. The van der Waals surface area contributed by atoms with Crippen LogP contribution >= 0.6 is 0 Å². The lowest BCUT2D eigenvalue weighted by atomic mass is 10.0.